The van der Waals surface area contributed by atoms with Gasteiger partial charge in [-0.3, -0.25) is 4.79 Å². The molecule has 0 spiro atoms. The zero-order valence-corrected chi connectivity index (χ0v) is 10.2. The quantitative estimate of drug-likeness (QED) is 0.809. The second-order valence-electron chi connectivity index (χ2n) is 4.92. The van der Waals surface area contributed by atoms with Crippen LogP contribution >= 0.6 is 0 Å². The van der Waals surface area contributed by atoms with E-state index in [-0.39, 0.29) is 23.7 Å². The third kappa shape index (κ3) is 2.85. The summed E-state index contributed by atoms with van der Waals surface area (Å²) in [6.45, 7) is 2.03. The normalized spacial score (nSPS) is 17.6. The van der Waals surface area contributed by atoms with E-state index < -0.39 is 5.97 Å². The highest BCUT2D eigenvalue weighted by molar-refractivity contribution is 5.84. The molecule has 0 aromatic carbocycles. The summed E-state index contributed by atoms with van der Waals surface area (Å²) in [5.41, 5.74) is -0.289. The summed E-state index contributed by atoms with van der Waals surface area (Å²) in [5.74, 6) is -1.31. The maximum atomic E-state index is 11.8. The van der Waals surface area contributed by atoms with Crippen LogP contribution in [0, 0.1) is 0 Å². The van der Waals surface area contributed by atoms with E-state index >= 15 is 0 Å². The van der Waals surface area contributed by atoms with Crippen molar-refractivity contribution in [2.75, 3.05) is 0 Å². The average Bonchev–Trinajstić information content (AvgIpc) is 2.87. The lowest BCUT2D eigenvalue weighted by Gasteiger charge is -2.25. The first-order valence-corrected chi connectivity index (χ1v) is 5.93. The van der Waals surface area contributed by atoms with Crippen LogP contribution in [0.3, 0.4) is 0 Å². The van der Waals surface area contributed by atoms with E-state index in [1.54, 1.807) is 0 Å². The number of hydrogen-bond acceptors (Lipinski definition) is 4. The molecule has 1 saturated carbocycles. The molecule has 1 amide bonds. The number of aromatic carboxylic acids is 1. The fourth-order valence-corrected chi connectivity index (χ4v) is 2.28. The van der Waals surface area contributed by atoms with Crippen molar-refractivity contribution in [2.45, 2.75) is 44.7 Å². The standard InChI is InChI=1S/C11H16N4O3/c1-11(4-2-3-5-11)12-9(16)7-15-6-8(10(17)18)13-14-15/h6H,2-5,7H2,1H3,(H,12,16)(H,17,18). The maximum absolute atomic E-state index is 11.8. The molecule has 0 saturated heterocycles. The molecule has 2 rings (SSSR count). The van der Waals surface area contributed by atoms with Gasteiger partial charge < -0.3 is 10.4 Å². The maximum Gasteiger partial charge on any atom is 0.358 e. The Morgan fingerprint density at radius 1 is 1.50 bits per heavy atom. The van der Waals surface area contributed by atoms with E-state index in [0.717, 1.165) is 25.7 Å². The fourth-order valence-electron chi connectivity index (χ4n) is 2.28. The molecule has 1 aromatic heterocycles. The van der Waals surface area contributed by atoms with Crippen molar-refractivity contribution in [3.8, 4) is 0 Å². The van der Waals surface area contributed by atoms with Gasteiger partial charge in [0.25, 0.3) is 0 Å². The molecular formula is C11H16N4O3. The third-order valence-corrected chi connectivity index (χ3v) is 3.21. The van der Waals surface area contributed by atoms with Crippen LogP contribution in [-0.2, 0) is 11.3 Å². The van der Waals surface area contributed by atoms with Crippen LogP contribution < -0.4 is 5.32 Å². The van der Waals surface area contributed by atoms with Crippen molar-refractivity contribution in [3.05, 3.63) is 11.9 Å². The van der Waals surface area contributed by atoms with Gasteiger partial charge in [0.05, 0.1) is 6.20 Å². The van der Waals surface area contributed by atoms with Gasteiger partial charge in [-0.05, 0) is 19.8 Å². The van der Waals surface area contributed by atoms with Gasteiger partial charge in [0.2, 0.25) is 5.91 Å². The molecule has 1 aliphatic rings. The first kappa shape index (κ1) is 12.5. The summed E-state index contributed by atoms with van der Waals surface area (Å²) in [5, 5.41) is 18.7. The number of hydrogen-bond donors (Lipinski definition) is 2. The zero-order valence-electron chi connectivity index (χ0n) is 10.2. The average molecular weight is 252 g/mol. The molecule has 1 fully saturated rings. The Balaban J connectivity index is 1.92. The van der Waals surface area contributed by atoms with E-state index in [0.29, 0.717) is 0 Å². The van der Waals surface area contributed by atoms with Gasteiger partial charge >= 0.3 is 5.97 Å². The second kappa shape index (κ2) is 4.75. The summed E-state index contributed by atoms with van der Waals surface area (Å²) in [6, 6.07) is 0. The number of nitrogens with one attached hydrogen (secondary N) is 1. The van der Waals surface area contributed by atoms with E-state index in [1.807, 2.05) is 6.92 Å². The molecular weight excluding hydrogens is 236 g/mol. The summed E-state index contributed by atoms with van der Waals surface area (Å²) in [7, 11) is 0. The highest BCUT2D eigenvalue weighted by Crippen LogP contribution is 2.28. The van der Waals surface area contributed by atoms with E-state index in [2.05, 4.69) is 15.6 Å². The van der Waals surface area contributed by atoms with Gasteiger partial charge in [0.15, 0.2) is 5.69 Å². The van der Waals surface area contributed by atoms with Gasteiger partial charge in [-0.25, -0.2) is 9.48 Å². The van der Waals surface area contributed by atoms with E-state index in [9.17, 15) is 9.59 Å². The Kier molecular flexibility index (Phi) is 3.31. The number of amides is 1. The van der Waals surface area contributed by atoms with Crippen LogP contribution in [0.4, 0.5) is 0 Å². The number of carboxylic acid groups (broad SMARTS) is 1. The van der Waals surface area contributed by atoms with Crippen molar-refractivity contribution in [2.24, 2.45) is 0 Å². The molecule has 0 bridgehead atoms. The molecule has 0 radical (unpaired) electrons. The number of rotatable bonds is 4. The molecule has 0 atom stereocenters. The number of carbonyl (C=O) groups is 2. The molecule has 7 nitrogen and oxygen atoms in total. The van der Waals surface area contributed by atoms with Gasteiger partial charge in [-0.15, -0.1) is 5.10 Å². The summed E-state index contributed by atoms with van der Waals surface area (Å²) in [6.07, 6.45) is 5.47. The minimum Gasteiger partial charge on any atom is -0.476 e. The van der Waals surface area contributed by atoms with Crippen LogP contribution in [-0.4, -0.2) is 37.5 Å². The SMILES string of the molecule is CC1(NC(=O)Cn2cc(C(=O)O)nn2)CCCC1. The molecule has 18 heavy (non-hydrogen) atoms. The molecule has 98 valence electrons. The zero-order chi connectivity index (χ0) is 13.2. The minimum atomic E-state index is -1.15. The molecule has 0 unspecified atom stereocenters. The van der Waals surface area contributed by atoms with Gasteiger partial charge in [-0.2, -0.15) is 0 Å². The molecule has 2 N–H and O–H groups in total. The smallest absolute Gasteiger partial charge is 0.358 e. The lowest BCUT2D eigenvalue weighted by molar-refractivity contribution is -0.123. The topological polar surface area (TPSA) is 97.1 Å². The first-order valence-electron chi connectivity index (χ1n) is 5.93. The first-order chi connectivity index (χ1) is 8.48. The van der Waals surface area contributed by atoms with Crippen LogP contribution in [0.25, 0.3) is 0 Å². The summed E-state index contributed by atoms with van der Waals surface area (Å²) >= 11 is 0. The molecule has 7 heteroatoms. The fraction of sp³-hybridized carbons (Fsp3) is 0.636. The third-order valence-electron chi connectivity index (χ3n) is 3.21. The van der Waals surface area contributed by atoms with Gasteiger partial charge in [0.1, 0.15) is 6.54 Å². The molecule has 1 aliphatic carbocycles. The summed E-state index contributed by atoms with van der Waals surface area (Å²) in [4.78, 5) is 22.4. The van der Waals surface area contributed by atoms with Crippen molar-refractivity contribution in [1.29, 1.82) is 0 Å². The highest BCUT2D eigenvalue weighted by atomic mass is 16.4. The van der Waals surface area contributed by atoms with Crippen molar-refractivity contribution >= 4 is 11.9 Å². The van der Waals surface area contributed by atoms with Crippen molar-refractivity contribution < 1.29 is 14.7 Å². The number of aromatic nitrogens is 3. The number of carbonyl (C=O) groups excluding carboxylic acids is 1. The predicted molar refractivity (Wildman–Crippen MR) is 62.0 cm³/mol. The second-order valence-corrected chi connectivity index (χ2v) is 4.92. The van der Waals surface area contributed by atoms with Gasteiger partial charge in [0, 0.05) is 5.54 Å². The highest BCUT2D eigenvalue weighted by Gasteiger charge is 2.30. The number of carboxylic acids is 1. The van der Waals surface area contributed by atoms with Crippen LogP contribution in [0.5, 0.6) is 0 Å². The van der Waals surface area contributed by atoms with Crippen LogP contribution in [0.1, 0.15) is 43.1 Å². The predicted octanol–water partition coefficient (Wildman–Crippen LogP) is 0.425. The Morgan fingerprint density at radius 3 is 2.72 bits per heavy atom. The largest absolute Gasteiger partial charge is 0.476 e. The van der Waals surface area contributed by atoms with E-state index in [1.165, 1.54) is 10.9 Å². The Hall–Kier alpha value is -1.92. The Bertz CT molecular complexity index is 463. The summed E-state index contributed by atoms with van der Waals surface area (Å²) < 4.78 is 1.23. The molecule has 1 aromatic rings. The molecule has 0 aliphatic heterocycles. The van der Waals surface area contributed by atoms with Gasteiger partial charge in [-0.1, -0.05) is 18.1 Å². The minimum absolute atomic E-state index is 0.00410. The lowest BCUT2D eigenvalue weighted by Crippen LogP contribution is -2.45. The van der Waals surface area contributed by atoms with Crippen molar-refractivity contribution in [1.82, 2.24) is 20.3 Å². The van der Waals surface area contributed by atoms with Crippen molar-refractivity contribution in [3.63, 3.8) is 0 Å². The number of nitrogens with zero attached hydrogens (tertiary/aromatic N) is 3. The van der Waals surface area contributed by atoms with Crippen LogP contribution in [0.2, 0.25) is 0 Å². The Labute approximate surface area is 104 Å². The Morgan fingerprint density at radius 2 is 2.17 bits per heavy atom. The van der Waals surface area contributed by atoms with E-state index in [4.69, 9.17) is 5.11 Å². The molecule has 1 heterocycles. The lowest BCUT2D eigenvalue weighted by atomic mass is 10.0. The monoisotopic (exact) mass is 252 g/mol. The van der Waals surface area contributed by atoms with Crippen LogP contribution in [0.15, 0.2) is 6.20 Å².